The second-order valence-corrected chi connectivity index (χ2v) is 5.04. The minimum atomic E-state index is -4.81. The van der Waals surface area contributed by atoms with Gasteiger partial charge < -0.3 is 20.9 Å². The van der Waals surface area contributed by atoms with Crippen LogP contribution in [-0.2, 0) is 11.2 Å². The molecule has 0 radical (unpaired) electrons. The number of alkyl halides is 3. The fourth-order valence-corrected chi connectivity index (χ4v) is 1.98. The summed E-state index contributed by atoms with van der Waals surface area (Å²) < 4.78 is 40.3. The number of phenolic OH excluding ortho intramolecular Hbond substituents is 1. The van der Waals surface area contributed by atoms with Crippen molar-refractivity contribution in [1.29, 1.82) is 0 Å². The number of anilines is 1. The van der Waals surface area contributed by atoms with E-state index in [1.165, 1.54) is 24.3 Å². The Morgan fingerprint density at radius 2 is 1.88 bits per heavy atom. The maximum absolute atomic E-state index is 12.2. The van der Waals surface area contributed by atoms with Gasteiger partial charge in [-0.05, 0) is 36.2 Å². The lowest BCUT2D eigenvalue weighted by Crippen LogP contribution is -2.37. The molecule has 4 N–H and O–H groups in total. The molecule has 1 atom stereocenters. The molecule has 0 aliphatic carbocycles. The standard InChI is InChI=1S/C16H15F3N2O3/c17-16(18,19)24-13-3-1-2-11(9-13)21-15(23)14(20)8-10-4-6-12(22)7-5-10/h1-7,9,14,22H,8,20H2,(H,21,23)/t14-/m1/s1. The first kappa shape index (κ1) is 17.6. The van der Waals surface area contributed by atoms with E-state index < -0.39 is 24.1 Å². The van der Waals surface area contributed by atoms with Crippen LogP contribution in [0.1, 0.15) is 5.56 Å². The summed E-state index contributed by atoms with van der Waals surface area (Å²) in [5.74, 6) is -0.891. The van der Waals surface area contributed by atoms with Crippen molar-refractivity contribution < 1.29 is 27.8 Å². The molecule has 0 saturated heterocycles. The zero-order chi connectivity index (χ0) is 17.7. The molecule has 0 unspecified atom stereocenters. The van der Waals surface area contributed by atoms with E-state index in [2.05, 4.69) is 10.1 Å². The molecular weight excluding hydrogens is 325 g/mol. The molecule has 0 aliphatic rings. The number of hydrogen-bond donors (Lipinski definition) is 3. The Balaban J connectivity index is 1.98. The Bertz CT molecular complexity index is 702. The highest BCUT2D eigenvalue weighted by Gasteiger charge is 2.31. The lowest BCUT2D eigenvalue weighted by Gasteiger charge is -2.14. The molecule has 2 aromatic rings. The van der Waals surface area contributed by atoms with Crippen molar-refractivity contribution in [3.8, 4) is 11.5 Å². The maximum atomic E-state index is 12.2. The third-order valence-corrected chi connectivity index (χ3v) is 3.06. The maximum Gasteiger partial charge on any atom is 0.573 e. The smallest absolute Gasteiger partial charge is 0.508 e. The number of benzene rings is 2. The Hall–Kier alpha value is -2.74. The number of hydrogen-bond acceptors (Lipinski definition) is 4. The predicted molar refractivity (Wildman–Crippen MR) is 81.5 cm³/mol. The van der Waals surface area contributed by atoms with Crippen molar-refractivity contribution in [3.05, 3.63) is 54.1 Å². The summed E-state index contributed by atoms with van der Waals surface area (Å²) in [5, 5.41) is 11.6. The highest BCUT2D eigenvalue weighted by atomic mass is 19.4. The van der Waals surface area contributed by atoms with Crippen LogP contribution in [0.5, 0.6) is 11.5 Å². The molecule has 0 heterocycles. The van der Waals surface area contributed by atoms with Crippen LogP contribution >= 0.6 is 0 Å². The minimum absolute atomic E-state index is 0.0956. The molecule has 5 nitrogen and oxygen atoms in total. The van der Waals surface area contributed by atoms with Gasteiger partial charge in [0, 0.05) is 11.8 Å². The molecule has 24 heavy (non-hydrogen) atoms. The van der Waals surface area contributed by atoms with Gasteiger partial charge in [-0.2, -0.15) is 0 Å². The number of nitrogens with two attached hydrogens (primary N) is 1. The Kier molecular flexibility index (Phi) is 5.30. The molecule has 0 aromatic heterocycles. The summed E-state index contributed by atoms with van der Waals surface area (Å²) in [7, 11) is 0. The van der Waals surface area contributed by atoms with Crippen LogP contribution in [0.3, 0.4) is 0 Å². The van der Waals surface area contributed by atoms with Crippen LogP contribution < -0.4 is 15.8 Å². The van der Waals surface area contributed by atoms with Gasteiger partial charge in [-0.15, -0.1) is 13.2 Å². The number of carbonyl (C=O) groups is 1. The fraction of sp³-hybridized carbons (Fsp3) is 0.188. The monoisotopic (exact) mass is 340 g/mol. The lowest BCUT2D eigenvalue weighted by molar-refractivity contribution is -0.274. The zero-order valence-corrected chi connectivity index (χ0v) is 12.4. The summed E-state index contributed by atoms with van der Waals surface area (Å²) in [6, 6.07) is 10.2. The molecule has 0 fully saturated rings. The van der Waals surface area contributed by atoms with Gasteiger partial charge in [0.15, 0.2) is 0 Å². The molecule has 1 amide bonds. The molecule has 128 valence electrons. The number of ether oxygens (including phenoxy) is 1. The van der Waals surface area contributed by atoms with Crippen LogP contribution in [-0.4, -0.2) is 23.4 Å². The average molecular weight is 340 g/mol. The van der Waals surface area contributed by atoms with E-state index in [1.807, 2.05) is 0 Å². The molecule has 0 aliphatic heterocycles. The number of aromatic hydroxyl groups is 1. The number of nitrogens with one attached hydrogen (secondary N) is 1. The first-order chi connectivity index (χ1) is 11.2. The quantitative estimate of drug-likeness (QED) is 0.781. The Morgan fingerprint density at radius 3 is 2.50 bits per heavy atom. The molecular formula is C16H15F3N2O3. The normalized spacial score (nSPS) is 12.5. The summed E-state index contributed by atoms with van der Waals surface area (Å²) in [5.41, 5.74) is 6.67. The van der Waals surface area contributed by atoms with Gasteiger partial charge in [0.25, 0.3) is 0 Å². The second kappa shape index (κ2) is 7.22. The molecule has 0 spiro atoms. The molecule has 0 saturated carbocycles. The zero-order valence-electron chi connectivity index (χ0n) is 12.4. The van der Waals surface area contributed by atoms with Gasteiger partial charge in [-0.3, -0.25) is 4.79 Å². The van der Waals surface area contributed by atoms with Crippen LogP contribution in [0.15, 0.2) is 48.5 Å². The molecule has 8 heteroatoms. The summed E-state index contributed by atoms with van der Waals surface area (Å²) in [6.45, 7) is 0. The highest BCUT2D eigenvalue weighted by Crippen LogP contribution is 2.25. The van der Waals surface area contributed by atoms with E-state index in [4.69, 9.17) is 5.73 Å². The van der Waals surface area contributed by atoms with Gasteiger partial charge in [-0.1, -0.05) is 18.2 Å². The van der Waals surface area contributed by atoms with Gasteiger partial charge in [0.05, 0.1) is 6.04 Å². The molecule has 2 rings (SSSR count). The third-order valence-electron chi connectivity index (χ3n) is 3.06. The summed E-state index contributed by atoms with van der Waals surface area (Å²) in [4.78, 5) is 12.0. The Morgan fingerprint density at radius 1 is 1.21 bits per heavy atom. The predicted octanol–water partition coefficient (Wildman–Crippen LogP) is 2.80. The average Bonchev–Trinajstić information content (AvgIpc) is 2.48. The van der Waals surface area contributed by atoms with Crippen molar-refractivity contribution in [1.82, 2.24) is 0 Å². The van der Waals surface area contributed by atoms with Gasteiger partial charge in [-0.25, -0.2) is 0 Å². The number of carbonyl (C=O) groups excluding carboxylic acids is 1. The number of phenols is 1. The van der Waals surface area contributed by atoms with Crippen molar-refractivity contribution >= 4 is 11.6 Å². The van der Waals surface area contributed by atoms with E-state index in [-0.39, 0.29) is 17.9 Å². The van der Waals surface area contributed by atoms with Crippen LogP contribution in [0, 0.1) is 0 Å². The van der Waals surface area contributed by atoms with Crippen molar-refractivity contribution in [2.24, 2.45) is 5.73 Å². The van der Waals surface area contributed by atoms with Gasteiger partial charge in [0.2, 0.25) is 5.91 Å². The number of rotatable bonds is 5. The first-order valence-corrected chi connectivity index (χ1v) is 6.93. The third kappa shape index (κ3) is 5.47. The van der Waals surface area contributed by atoms with Gasteiger partial charge >= 0.3 is 6.36 Å². The van der Waals surface area contributed by atoms with E-state index in [1.54, 1.807) is 12.1 Å². The molecule has 0 bridgehead atoms. The number of amides is 1. The van der Waals surface area contributed by atoms with E-state index in [9.17, 15) is 23.1 Å². The largest absolute Gasteiger partial charge is 0.573 e. The van der Waals surface area contributed by atoms with Crippen LogP contribution in [0.25, 0.3) is 0 Å². The number of halogens is 3. The lowest BCUT2D eigenvalue weighted by atomic mass is 10.1. The minimum Gasteiger partial charge on any atom is -0.508 e. The van der Waals surface area contributed by atoms with E-state index in [0.29, 0.717) is 0 Å². The first-order valence-electron chi connectivity index (χ1n) is 6.93. The van der Waals surface area contributed by atoms with Crippen molar-refractivity contribution in [3.63, 3.8) is 0 Å². The molecule has 2 aromatic carbocycles. The SMILES string of the molecule is N[C@H](Cc1ccc(O)cc1)C(=O)Nc1cccc(OC(F)(F)F)c1. The van der Waals surface area contributed by atoms with Crippen LogP contribution in [0.2, 0.25) is 0 Å². The topological polar surface area (TPSA) is 84.6 Å². The van der Waals surface area contributed by atoms with E-state index in [0.717, 1.165) is 17.7 Å². The van der Waals surface area contributed by atoms with Gasteiger partial charge in [0.1, 0.15) is 11.5 Å². The summed E-state index contributed by atoms with van der Waals surface area (Å²) in [6.07, 6.45) is -4.59. The van der Waals surface area contributed by atoms with E-state index >= 15 is 0 Å². The highest BCUT2D eigenvalue weighted by molar-refractivity contribution is 5.95. The van der Waals surface area contributed by atoms with Crippen molar-refractivity contribution in [2.75, 3.05) is 5.32 Å². The van der Waals surface area contributed by atoms with Crippen molar-refractivity contribution in [2.45, 2.75) is 18.8 Å². The fourth-order valence-electron chi connectivity index (χ4n) is 1.98. The Labute approximate surface area is 135 Å². The second-order valence-electron chi connectivity index (χ2n) is 5.04. The van der Waals surface area contributed by atoms with Crippen LogP contribution in [0.4, 0.5) is 18.9 Å². The summed E-state index contributed by atoms with van der Waals surface area (Å²) >= 11 is 0.